The van der Waals surface area contributed by atoms with Crippen molar-refractivity contribution < 1.29 is 49.5 Å². The summed E-state index contributed by atoms with van der Waals surface area (Å²) in [6.45, 7) is 3.31. The molecule has 0 spiro atoms. The predicted molar refractivity (Wildman–Crippen MR) is 187 cm³/mol. The summed E-state index contributed by atoms with van der Waals surface area (Å²) in [4.78, 5) is 24.7. The molecular formula is C32H31CrN10O8S2+. The first-order valence-corrected chi connectivity index (χ1v) is 18.1. The largest absolute Gasteiger partial charge is 0.871 e. The van der Waals surface area contributed by atoms with Gasteiger partial charge in [0, 0.05) is 23.4 Å². The Hall–Kier alpha value is -5.95. The molecule has 21 heteroatoms. The van der Waals surface area contributed by atoms with Crippen molar-refractivity contribution in [2.45, 2.75) is 23.6 Å². The number of nitrogens with two attached hydrogens (primary N) is 1. The molecule has 0 unspecified atom stereocenters. The zero-order valence-corrected chi connectivity index (χ0v) is 30.7. The number of hydrogen-bond acceptors (Lipinski definition) is 11. The molecule has 0 atom stereocenters. The van der Waals surface area contributed by atoms with Gasteiger partial charge in [0.05, 0.1) is 33.3 Å². The van der Waals surface area contributed by atoms with Gasteiger partial charge in [-0.05, 0) is 62.4 Å². The number of H-pyrrole nitrogens is 2. The molecule has 0 aliphatic carbocycles. The standard InChI is InChI=1S/2C16H15N5O4S.Cr/c2*1-10-15(16(23)21(20-10)11-5-3-2-4-6-11)19-18-13-9-12(26(17,24)25)7-8-14(13)22;/h2*2-9,20,22H,1H3,(H2,17,24,25);/p+1. The van der Waals surface area contributed by atoms with Gasteiger partial charge in [-0.2, -0.15) is 13.5 Å². The first-order valence-electron chi connectivity index (χ1n) is 14.9. The molecule has 4 aromatic carbocycles. The van der Waals surface area contributed by atoms with Crippen LogP contribution in [0.4, 0.5) is 22.7 Å². The Morgan fingerprint density at radius 3 is 1.57 bits per heavy atom. The molecule has 0 aliphatic rings. The molecule has 6 aromatic rings. The zero-order chi connectivity index (χ0) is 37.8. The topological polar surface area (TPSA) is 293 Å². The number of para-hydroxylation sites is 2. The second kappa shape index (κ2) is 16.2. The molecule has 0 bridgehead atoms. The molecule has 2 aromatic heterocycles. The molecule has 18 nitrogen and oxygen atoms in total. The smallest absolute Gasteiger partial charge is 0.322 e. The van der Waals surface area contributed by atoms with Gasteiger partial charge in [0.15, 0.2) is 17.1 Å². The number of quaternary nitrogens is 1. The minimum Gasteiger partial charge on any atom is -0.871 e. The van der Waals surface area contributed by atoms with Gasteiger partial charge >= 0.3 is 10.0 Å². The summed E-state index contributed by atoms with van der Waals surface area (Å²) in [5.74, 6) is -0.560. The molecule has 6 rings (SSSR count). The van der Waals surface area contributed by atoms with E-state index in [1.54, 1.807) is 62.4 Å². The van der Waals surface area contributed by atoms with Crippen LogP contribution in [0.5, 0.6) is 11.5 Å². The monoisotopic (exact) mass is 799 g/mol. The molecule has 0 saturated heterocycles. The summed E-state index contributed by atoms with van der Waals surface area (Å²) in [7, 11) is -7.67. The van der Waals surface area contributed by atoms with Crippen LogP contribution in [0, 0.1) is 13.8 Å². The third kappa shape index (κ3) is 9.30. The van der Waals surface area contributed by atoms with Crippen molar-refractivity contribution >= 4 is 42.8 Å². The summed E-state index contributed by atoms with van der Waals surface area (Å²) >= 11 is 0. The van der Waals surface area contributed by atoms with Crippen molar-refractivity contribution in [2.75, 3.05) is 0 Å². The fourth-order valence-corrected chi connectivity index (χ4v) is 5.68. The minimum atomic E-state index is -3.99. The third-order valence-electron chi connectivity index (χ3n) is 7.21. The van der Waals surface area contributed by atoms with E-state index in [2.05, 4.69) is 35.8 Å². The van der Waals surface area contributed by atoms with E-state index in [9.17, 15) is 31.5 Å². The van der Waals surface area contributed by atoms with E-state index < -0.39 is 36.9 Å². The summed E-state index contributed by atoms with van der Waals surface area (Å²) < 4.78 is 48.5. The number of nitrogens with one attached hydrogen (secondary N) is 2. The van der Waals surface area contributed by atoms with Crippen LogP contribution >= 0.6 is 0 Å². The van der Waals surface area contributed by atoms with Crippen molar-refractivity contribution in [2.24, 2.45) is 25.6 Å². The molecule has 0 aliphatic heterocycles. The summed E-state index contributed by atoms with van der Waals surface area (Å²) in [6.07, 6.45) is 0. The number of primary sulfonamides is 1. The summed E-state index contributed by atoms with van der Waals surface area (Å²) in [5.41, 5.74) is 1.23. The SMILES string of the molecule is Cc1[nH]n(-c2ccccc2)c(=O)c1N=Nc1cc(S(N)(=O)=O)ccc1[O-].Cc1[nH]n(-c2ccccc2)c(=O)c1N=Nc1cc(S([NH3+])(=O)=O)ccc1[OH2+].[Cr]. The molecule has 0 saturated carbocycles. The Bertz CT molecular complexity index is 2490. The molecule has 9 N–H and O–H groups in total. The molecule has 0 amide bonds. The zero-order valence-electron chi connectivity index (χ0n) is 27.8. The van der Waals surface area contributed by atoms with Crippen LogP contribution in [-0.2, 0) is 37.4 Å². The predicted octanol–water partition coefficient (Wildman–Crippen LogP) is 2.87. The van der Waals surface area contributed by atoms with Gasteiger partial charge in [0.1, 0.15) is 4.90 Å². The molecule has 53 heavy (non-hydrogen) atoms. The van der Waals surface area contributed by atoms with E-state index in [-0.39, 0.29) is 55.7 Å². The van der Waals surface area contributed by atoms with Crippen molar-refractivity contribution in [3.8, 4) is 22.9 Å². The van der Waals surface area contributed by atoms with Crippen LogP contribution in [0.3, 0.4) is 0 Å². The van der Waals surface area contributed by atoms with Crippen LogP contribution in [0.1, 0.15) is 11.4 Å². The number of hydrogen-bond donors (Lipinski definition) is 4. The Kier molecular flexibility index (Phi) is 12.1. The van der Waals surface area contributed by atoms with Crippen molar-refractivity contribution in [1.82, 2.24) is 19.6 Å². The maximum atomic E-state index is 12.5. The van der Waals surface area contributed by atoms with E-state index in [1.807, 2.05) is 12.1 Å². The van der Waals surface area contributed by atoms with Crippen molar-refractivity contribution in [3.05, 3.63) is 129 Å². The van der Waals surface area contributed by atoms with Gasteiger partial charge in [-0.15, -0.1) is 15.3 Å². The van der Waals surface area contributed by atoms with E-state index in [0.717, 1.165) is 18.2 Å². The van der Waals surface area contributed by atoms with Crippen LogP contribution in [-0.4, -0.2) is 41.5 Å². The average Bonchev–Trinajstić information content (AvgIpc) is 3.56. The molecule has 274 valence electrons. The van der Waals surface area contributed by atoms with Gasteiger partial charge in [0.25, 0.3) is 16.9 Å². The second-order valence-electron chi connectivity index (χ2n) is 11.0. The van der Waals surface area contributed by atoms with E-state index in [1.165, 1.54) is 27.6 Å². The number of aryl methyl sites for hydroxylation is 2. The number of nitrogens with zero attached hydrogens (tertiary/aromatic N) is 6. The minimum absolute atomic E-state index is 0. The van der Waals surface area contributed by atoms with E-state index >= 15 is 0 Å². The third-order valence-corrected chi connectivity index (χ3v) is 9.10. The number of aromatic nitrogens is 4. The quantitative estimate of drug-likeness (QED) is 0.132. The van der Waals surface area contributed by atoms with E-state index in [0.29, 0.717) is 22.8 Å². The van der Waals surface area contributed by atoms with Crippen LogP contribution in [0.2, 0.25) is 0 Å². The fourth-order valence-electron chi connectivity index (χ4n) is 4.58. The van der Waals surface area contributed by atoms with Crippen molar-refractivity contribution in [3.63, 3.8) is 0 Å². The maximum absolute atomic E-state index is 12.5. The normalized spacial score (nSPS) is 11.7. The van der Waals surface area contributed by atoms with Crippen LogP contribution < -0.4 is 26.5 Å². The Balaban J connectivity index is 0.000000232. The van der Waals surface area contributed by atoms with Gasteiger partial charge in [-0.1, -0.05) is 48.2 Å². The average molecular weight is 800 g/mol. The maximum Gasteiger partial charge on any atom is 0.322 e. The van der Waals surface area contributed by atoms with Gasteiger partial charge in [-0.25, -0.2) is 28.1 Å². The first kappa shape index (κ1) is 39.8. The number of benzene rings is 4. The Morgan fingerprint density at radius 2 is 1.11 bits per heavy atom. The fraction of sp³-hybridized carbons (Fsp3) is 0.0625. The van der Waals surface area contributed by atoms with Gasteiger partial charge < -0.3 is 10.2 Å². The van der Waals surface area contributed by atoms with Gasteiger partial charge in [-0.3, -0.25) is 19.8 Å². The molecule has 0 radical (unpaired) electrons. The first-order chi connectivity index (χ1) is 24.5. The second-order valence-corrected chi connectivity index (χ2v) is 14.3. The van der Waals surface area contributed by atoms with Crippen molar-refractivity contribution in [1.29, 1.82) is 0 Å². The Morgan fingerprint density at radius 1 is 0.679 bits per heavy atom. The van der Waals surface area contributed by atoms with Crippen LogP contribution in [0.25, 0.3) is 11.4 Å². The van der Waals surface area contributed by atoms with Crippen LogP contribution in [0.15, 0.2) is 137 Å². The Labute approximate surface area is 312 Å². The summed E-state index contributed by atoms with van der Waals surface area (Å²) in [6, 6.07) is 24.7. The number of aromatic amines is 2. The van der Waals surface area contributed by atoms with E-state index in [4.69, 9.17) is 10.2 Å². The van der Waals surface area contributed by atoms with Gasteiger partial charge in [0.2, 0.25) is 10.0 Å². The number of sulfonamides is 2. The number of rotatable bonds is 8. The molecule has 0 fully saturated rings. The number of azo groups is 2. The molecule has 2 heterocycles. The molecular weight excluding hydrogens is 769 g/mol. The summed E-state index contributed by atoms with van der Waals surface area (Å²) in [5, 5.41) is 48.9.